The number of imidazole rings is 1. The minimum absolute atomic E-state index is 0.0584. The number of ether oxygens (including phenoxy) is 3. The Labute approximate surface area is 270 Å². The average molecular weight is 639 g/mol. The van der Waals surface area contributed by atoms with Gasteiger partial charge in [0.1, 0.15) is 36.0 Å². The molecule has 9 nitrogen and oxygen atoms in total. The topological polar surface area (TPSA) is 110 Å². The van der Waals surface area contributed by atoms with Crippen LogP contribution in [0.25, 0.3) is 11.0 Å². The van der Waals surface area contributed by atoms with Crippen molar-refractivity contribution in [2.24, 2.45) is 5.92 Å². The second-order valence-corrected chi connectivity index (χ2v) is 12.1. The van der Waals surface area contributed by atoms with Crippen LogP contribution in [0.4, 0.5) is 8.78 Å². The van der Waals surface area contributed by atoms with Crippen molar-refractivity contribution in [2.75, 3.05) is 19.7 Å². The van der Waals surface area contributed by atoms with Crippen molar-refractivity contribution < 1.29 is 32.9 Å². The van der Waals surface area contributed by atoms with E-state index in [4.69, 9.17) is 24.5 Å². The summed E-state index contributed by atoms with van der Waals surface area (Å²) in [7, 11) is 0. The summed E-state index contributed by atoms with van der Waals surface area (Å²) in [6, 6.07) is 16.1. The quantitative estimate of drug-likeness (QED) is 0.218. The fourth-order valence-corrected chi connectivity index (χ4v) is 6.23. The van der Waals surface area contributed by atoms with Gasteiger partial charge >= 0.3 is 5.97 Å². The van der Waals surface area contributed by atoms with E-state index in [1.165, 1.54) is 18.2 Å². The maximum atomic E-state index is 14.6. The van der Waals surface area contributed by atoms with Crippen LogP contribution in [0.2, 0.25) is 0 Å². The lowest BCUT2D eigenvalue weighted by Gasteiger charge is -2.32. The van der Waals surface area contributed by atoms with E-state index in [-0.39, 0.29) is 41.6 Å². The molecule has 0 bridgehead atoms. The number of hydrogen-bond donors (Lipinski definition) is 1. The minimum Gasteiger partial charge on any atom is -0.490 e. The van der Waals surface area contributed by atoms with Gasteiger partial charge in [0.05, 0.1) is 47.8 Å². The molecule has 3 aromatic carbocycles. The zero-order valence-corrected chi connectivity index (χ0v) is 25.5. The third-order valence-electron chi connectivity index (χ3n) is 9.05. The van der Waals surface area contributed by atoms with Crippen LogP contribution in [0.1, 0.15) is 47.7 Å². The van der Waals surface area contributed by atoms with E-state index >= 15 is 0 Å². The van der Waals surface area contributed by atoms with E-state index < -0.39 is 23.5 Å². The zero-order chi connectivity index (χ0) is 32.5. The van der Waals surface area contributed by atoms with Crippen LogP contribution in [0.3, 0.4) is 0 Å². The Morgan fingerprint density at radius 1 is 1.06 bits per heavy atom. The first kappa shape index (κ1) is 30.7. The molecule has 0 saturated carbocycles. The van der Waals surface area contributed by atoms with Gasteiger partial charge in [-0.2, -0.15) is 5.26 Å². The van der Waals surface area contributed by atoms with Gasteiger partial charge in [-0.05, 0) is 73.4 Å². The van der Waals surface area contributed by atoms with Gasteiger partial charge in [0.25, 0.3) is 0 Å². The maximum absolute atomic E-state index is 14.6. The van der Waals surface area contributed by atoms with E-state index in [1.807, 2.05) is 24.3 Å². The summed E-state index contributed by atoms with van der Waals surface area (Å²) in [5.74, 6) is 4.08. The number of nitrogens with zero attached hydrogens (tertiary/aromatic N) is 4. The highest BCUT2D eigenvalue weighted by molar-refractivity contribution is 5.81. The molecule has 1 aromatic heterocycles. The molecule has 11 heteroatoms. The van der Waals surface area contributed by atoms with Gasteiger partial charge in [0, 0.05) is 25.3 Å². The van der Waals surface area contributed by atoms with Crippen molar-refractivity contribution in [3.63, 3.8) is 0 Å². The molecule has 0 spiro atoms. The van der Waals surface area contributed by atoms with Gasteiger partial charge in [0.15, 0.2) is 11.6 Å². The first-order valence-electron chi connectivity index (χ1n) is 15.7. The Bertz CT molecular complexity index is 1930. The van der Waals surface area contributed by atoms with Crippen molar-refractivity contribution in [1.82, 2.24) is 14.5 Å². The molecule has 2 aliphatic heterocycles. The lowest BCUT2D eigenvalue weighted by Crippen LogP contribution is -2.39. The molecule has 3 atom stereocenters. The predicted molar refractivity (Wildman–Crippen MR) is 167 cm³/mol. The second kappa shape index (κ2) is 13.0. The molecule has 3 aliphatic rings. The molecule has 47 heavy (non-hydrogen) atoms. The smallest absolute Gasteiger partial charge is 0.320 e. The molecule has 240 valence electrons. The molecule has 1 aliphatic carbocycles. The van der Waals surface area contributed by atoms with Crippen LogP contribution < -0.4 is 9.47 Å². The first-order chi connectivity index (χ1) is 22.8. The Balaban J connectivity index is 0.989. The van der Waals surface area contributed by atoms with E-state index in [0.29, 0.717) is 18.8 Å². The summed E-state index contributed by atoms with van der Waals surface area (Å²) in [4.78, 5) is 18.9. The van der Waals surface area contributed by atoms with Crippen molar-refractivity contribution in [3.05, 3.63) is 88.7 Å². The number of hydrogen-bond acceptors (Lipinski definition) is 7. The molecule has 2 saturated heterocycles. The summed E-state index contributed by atoms with van der Waals surface area (Å²) in [6.45, 7) is 3.46. The van der Waals surface area contributed by atoms with Crippen LogP contribution in [-0.2, 0) is 29.2 Å². The molecule has 1 N–H and O–H groups in total. The van der Waals surface area contributed by atoms with Gasteiger partial charge in [-0.25, -0.2) is 13.8 Å². The number of benzene rings is 3. The summed E-state index contributed by atoms with van der Waals surface area (Å²) in [5.41, 5.74) is 3.13. The Kier molecular flexibility index (Phi) is 8.50. The summed E-state index contributed by atoms with van der Waals surface area (Å²) >= 11 is 0. The number of nitriles is 1. The largest absolute Gasteiger partial charge is 0.490 e. The summed E-state index contributed by atoms with van der Waals surface area (Å²) < 4.78 is 48.5. The normalized spacial score (nSPS) is 20.8. The van der Waals surface area contributed by atoms with Crippen LogP contribution >= 0.6 is 0 Å². The first-order valence-corrected chi connectivity index (χ1v) is 15.7. The Morgan fingerprint density at radius 2 is 1.89 bits per heavy atom. The lowest BCUT2D eigenvalue weighted by atomic mass is 9.80. The summed E-state index contributed by atoms with van der Waals surface area (Å²) in [5, 5.41) is 18.4. The average Bonchev–Trinajstić information content (AvgIpc) is 3.35. The number of fused-ring (bicyclic) bond motifs is 1. The zero-order valence-electron chi connectivity index (χ0n) is 25.5. The number of carbonyl (C=O) groups is 1. The number of rotatable bonds is 11. The van der Waals surface area contributed by atoms with Gasteiger partial charge in [0.2, 0.25) is 0 Å². The van der Waals surface area contributed by atoms with Crippen molar-refractivity contribution in [2.45, 2.75) is 57.1 Å². The fraction of sp³-hybridized carbons (Fsp3) is 0.361. The number of aromatic nitrogens is 2. The highest BCUT2D eigenvalue weighted by atomic mass is 19.1. The lowest BCUT2D eigenvalue weighted by molar-refractivity contribution is -0.140. The SMILES string of the molecule is N#Cc1ccc(OCc2cc(OC3CCN(Cc4nc5ccc(C6C#CC6C(=O)O)cc5n4C[C@@H]4CCO4)CC3)ccc2F)c(F)c1. The minimum atomic E-state index is -0.899. The number of carboxylic acid groups (broad SMARTS) is 1. The molecule has 4 aromatic rings. The van der Waals surface area contributed by atoms with Gasteiger partial charge < -0.3 is 23.9 Å². The number of carboxylic acids is 1. The van der Waals surface area contributed by atoms with Gasteiger partial charge in [-0.1, -0.05) is 17.9 Å². The van der Waals surface area contributed by atoms with Crippen LogP contribution in [0.5, 0.6) is 11.5 Å². The van der Waals surface area contributed by atoms with Gasteiger partial charge in [-0.15, -0.1) is 0 Å². The predicted octanol–water partition coefficient (Wildman–Crippen LogP) is 5.40. The molecule has 3 heterocycles. The molecule has 2 fully saturated rings. The molecule has 0 amide bonds. The molecule has 0 radical (unpaired) electrons. The number of piperidine rings is 1. The third kappa shape index (κ3) is 6.50. The van der Waals surface area contributed by atoms with Crippen LogP contribution in [-0.4, -0.2) is 57.4 Å². The summed E-state index contributed by atoms with van der Waals surface area (Å²) in [6.07, 6.45) is 2.59. The standard InChI is InChI=1S/C36H32F2N4O5/c37-30-6-3-26(16-24(30)21-46-34-8-1-22(18-39)15-31(34)38)47-25-9-12-41(13-10-25)20-35-40-32-7-2-23(28-4-5-29(28)36(43)44)17-33(32)42(35)19-27-11-14-45-27/h1-3,6-8,15-17,25,27-29H,9-14,19-21H2,(H,43,44)/t27-,28?,29?/m0/s1. The van der Waals surface area contributed by atoms with E-state index in [1.54, 1.807) is 12.1 Å². The Hall–Kier alpha value is -4.97. The highest BCUT2D eigenvalue weighted by Crippen LogP contribution is 2.33. The molecule has 2 unspecified atom stereocenters. The fourth-order valence-electron chi connectivity index (χ4n) is 6.23. The van der Waals surface area contributed by atoms with E-state index in [0.717, 1.165) is 67.4 Å². The number of halogens is 2. The number of likely N-dealkylation sites (tertiary alicyclic amines) is 1. The molecular weight excluding hydrogens is 606 g/mol. The van der Waals surface area contributed by atoms with Crippen molar-refractivity contribution in [1.29, 1.82) is 5.26 Å². The molecule has 7 rings (SSSR count). The maximum Gasteiger partial charge on any atom is 0.320 e. The third-order valence-corrected chi connectivity index (χ3v) is 9.05. The highest BCUT2D eigenvalue weighted by Gasteiger charge is 2.33. The van der Waals surface area contributed by atoms with Crippen LogP contribution in [0.15, 0.2) is 54.6 Å². The molecular formula is C36H32F2N4O5. The monoisotopic (exact) mass is 638 g/mol. The van der Waals surface area contributed by atoms with Crippen molar-refractivity contribution in [3.8, 4) is 29.4 Å². The number of aliphatic carboxylic acids is 1. The van der Waals surface area contributed by atoms with Crippen LogP contribution in [0, 0.1) is 40.7 Å². The van der Waals surface area contributed by atoms with E-state index in [9.17, 15) is 18.7 Å². The second-order valence-electron chi connectivity index (χ2n) is 12.1. The van der Waals surface area contributed by atoms with Gasteiger partial charge in [-0.3, -0.25) is 9.69 Å². The van der Waals surface area contributed by atoms with Crippen molar-refractivity contribution >= 4 is 17.0 Å². The van der Waals surface area contributed by atoms with E-state index in [2.05, 4.69) is 21.3 Å². The Morgan fingerprint density at radius 3 is 2.57 bits per heavy atom.